The SMILES string of the molecule is COc1ccc(NC(N)=NCC2CCCS(=O)(=O)C2)cc1OC. The van der Waals surface area contributed by atoms with E-state index >= 15 is 0 Å². The van der Waals surface area contributed by atoms with Crippen molar-refractivity contribution in [3.8, 4) is 11.5 Å². The molecule has 1 unspecified atom stereocenters. The van der Waals surface area contributed by atoms with Crippen LogP contribution in [0.2, 0.25) is 0 Å². The molecule has 0 spiro atoms. The van der Waals surface area contributed by atoms with Crippen LogP contribution in [0.15, 0.2) is 23.2 Å². The molecule has 8 heteroatoms. The molecule has 1 atom stereocenters. The van der Waals surface area contributed by atoms with E-state index in [-0.39, 0.29) is 23.4 Å². The molecule has 7 nitrogen and oxygen atoms in total. The van der Waals surface area contributed by atoms with Crippen molar-refractivity contribution in [3.63, 3.8) is 0 Å². The third-order valence-corrected chi connectivity index (χ3v) is 5.62. The molecule has 0 saturated carbocycles. The standard InChI is InChI=1S/C15H23N3O4S/c1-21-13-6-5-12(8-14(13)22-2)18-15(16)17-9-11-4-3-7-23(19,20)10-11/h5-6,8,11H,3-4,7,9-10H2,1-2H3,(H3,16,17,18). The summed E-state index contributed by atoms with van der Waals surface area (Å²) in [4.78, 5) is 4.25. The van der Waals surface area contributed by atoms with Gasteiger partial charge in [0.25, 0.3) is 0 Å². The Morgan fingerprint density at radius 3 is 2.74 bits per heavy atom. The maximum Gasteiger partial charge on any atom is 0.193 e. The summed E-state index contributed by atoms with van der Waals surface area (Å²) in [5, 5.41) is 2.97. The number of nitrogens with two attached hydrogens (primary N) is 1. The number of guanidine groups is 1. The third-order valence-electron chi connectivity index (χ3n) is 3.73. The fourth-order valence-electron chi connectivity index (χ4n) is 2.59. The number of benzene rings is 1. The first-order chi connectivity index (χ1) is 10.9. The maximum atomic E-state index is 11.6. The zero-order valence-electron chi connectivity index (χ0n) is 13.4. The van der Waals surface area contributed by atoms with Gasteiger partial charge in [0.15, 0.2) is 27.3 Å². The highest BCUT2D eigenvalue weighted by Gasteiger charge is 2.24. The van der Waals surface area contributed by atoms with Crippen molar-refractivity contribution in [1.29, 1.82) is 0 Å². The predicted molar refractivity (Wildman–Crippen MR) is 91.0 cm³/mol. The first-order valence-electron chi connectivity index (χ1n) is 7.43. The van der Waals surface area contributed by atoms with Crippen LogP contribution in [0.5, 0.6) is 11.5 Å². The molecule has 128 valence electrons. The number of aliphatic imine (C=N–C) groups is 1. The first-order valence-corrected chi connectivity index (χ1v) is 9.25. The number of hydrogen-bond donors (Lipinski definition) is 2. The average Bonchev–Trinajstić information content (AvgIpc) is 2.52. The van der Waals surface area contributed by atoms with E-state index in [1.807, 2.05) is 0 Å². The van der Waals surface area contributed by atoms with Crippen LogP contribution in [-0.2, 0) is 9.84 Å². The van der Waals surface area contributed by atoms with Gasteiger partial charge in [0.2, 0.25) is 0 Å². The summed E-state index contributed by atoms with van der Waals surface area (Å²) < 4.78 is 33.6. The summed E-state index contributed by atoms with van der Waals surface area (Å²) in [5.74, 6) is 1.98. The number of methoxy groups -OCH3 is 2. The molecule has 1 aromatic carbocycles. The van der Waals surface area contributed by atoms with Crippen LogP contribution in [0.3, 0.4) is 0 Å². The Hall–Kier alpha value is -1.96. The second-order valence-electron chi connectivity index (χ2n) is 5.54. The minimum atomic E-state index is -2.92. The number of hydrogen-bond acceptors (Lipinski definition) is 5. The molecule has 1 heterocycles. The highest BCUT2D eigenvalue weighted by Crippen LogP contribution is 2.29. The van der Waals surface area contributed by atoms with Crippen LogP contribution >= 0.6 is 0 Å². The zero-order valence-corrected chi connectivity index (χ0v) is 14.2. The summed E-state index contributed by atoms with van der Waals surface area (Å²) in [7, 11) is 0.210. The Balaban J connectivity index is 1.97. The van der Waals surface area contributed by atoms with Gasteiger partial charge in [-0.2, -0.15) is 0 Å². The van der Waals surface area contributed by atoms with E-state index in [1.165, 1.54) is 0 Å². The quantitative estimate of drug-likeness (QED) is 0.617. The number of sulfone groups is 1. The number of nitrogens with one attached hydrogen (secondary N) is 1. The Morgan fingerprint density at radius 1 is 1.35 bits per heavy atom. The van der Waals surface area contributed by atoms with E-state index in [9.17, 15) is 8.42 Å². The molecule has 2 rings (SSSR count). The summed E-state index contributed by atoms with van der Waals surface area (Å²) in [5.41, 5.74) is 6.59. The van der Waals surface area contributed by atoms with Gasteiger partial charge in [0, 0.05) is 18.3 Å². The first kappa shape index (κ1) is 17.4. The van der Waals surface area contributed by atoms with Gasteiger partial charge in [-0.05, 0) is 30.9 Å². The topological polar surface area (TPSA) is 103 Å². The molecule has 1 aromatic rings. The van der Waals surface area contributed by atoms with Crippen molar-refractivity contribution in [2.75, 3.05) is 37.6 Å². The molecule has 0 aliphatic carbocycles. The number of nitrogens with zero attached hydrogens (tertiary/aromatic N) is 1. The lowest BCUT2D eigenvalue weighted by atomic mass is 10.1. The largest absolute Gasteiger partial charge is 0.493 e. The molecule has 1 fully saturated rings. The van der Waals surface area contributed by atoms with Crippen molar-refractivity contribution in [2.45, 2.75) is 12.8 Å². The maximum absolute atomic E-state index is 11.6. The van der Waals surface area contributed by atoms with Crippen molar-refractivity contribution >= 4 is 21.5 Å². The summed E-state index contributed by atoms with van der Waals surface area (Å²) >= 11 is 0. The number of anilines is 1. The molecule has 0 bridgehead atoms. The van der Waals surface area contributed by atoms with E-state index in [1.54, 1.807) is 32.4 Å². The molecule has 1 aliphatic rings. The van der Waals surface area contributed by atoms with Gasteiger partial charge in [-0.25, -0.2) is 8.42 Å². The Bertz CT molecular complexity index is 673. The van der Waals surface area contributed by atoms with Crippen LogP contribution in [0, 0.1) is 5.92 Å². The van der Waals surface area contributed by atoms with Crippen molar-refractivity contribution in [2.24, 2.45) is 16.6 Å². The smallest absolute Gasteiger partial charge is 0.193 e. The van der Waals surface area contributed by atoms with E-state index in [2.05, 4.69) is 10.3 Å². The number of rotatable bonds is 5. The molecule has 1 saturated heterocycles. The fourth-order valence-corrected chi connectivity index (χ4v) is 4.35. The van der Waals surface area contributed by atoms with E-state index in [4.69, 9.17) is 15.2 Å². The van der Waals surface area contributed by atoms with E-state index in [0.717, 1.165) is 12.1 Å². The second kappa shape index (κ2) is 7.54. The fraction of sp³-hybridized carbons (Fsp3) is 0.533. The molecule has 1 aliphatic heterocycles. The zero-order chi connectivity index (χ0) is 16.9. The lowest BCUT2D eigenvalue weighted by Crippen LogP contribution is -2.29. The lowest BCUT2D eigenvalue weighted by Gasteiger charge is -2.20. The predicted octanol–water partition coefficient (Wildman–Crippen LogP) is 1.26. The summed E-state index contributed by atoms with van der Waals surface area (Å²) in [6, 6.07) is 5.32. The van der Waals surface area contributed by atoms with Crippen molar-refractivity contribution < 1.29 is 17.9 Å². The van der Waals surface area contributed by atoms with Gasteiger partial charge < -0.3 is 20.5 Å². The van der Waals surface area contributed by atoms with Crippen LogP contribution in [0.1, 0.15) is 12.8 Å². The summed E-state index contributed by atoms with van der Waals surface area (Å²) in [6.45, 7) is 0.408. The molecular weight excluding hydrogens is 318 g/mol. The second-order valence-corrected chi connectivity index (χ2v) is 7.77. The Labute approximate surface area is 136 Å². The van der Waals surface area contributed by atoms with Gasteiger partial charge in [-0.1, -0.05) is 0 Å². The minimum Gasteiger partial charge on any atom is -0.493 e. The molecule has 3 N–H and O–H groups in total. The molecule has 0 radical (unpaired) electrons. The van der Waals surface area contributed by atoms with Gasteiger partial charge in [0.05, 0.1) is 25.7 Å². The molecule has 0 amide bonds. The average molecular weight is 341 g/mol. The highest BCUT2D eigenvalue weighted by molar-refractivity contribution is 7.91. The number of ether oxygens (including phenoxy) is 2. The van der Waals surface area contributed by atoms with Gasteiger partial charge in [-0.15, -0.1) is 0 Å². The molecule has 23 heavy (non-hydrogen) atoms. The van der Waals surface area contributed by atoms with Crippen LogP contribution in [0.25, 0.3) is 0 Å². The van der Waals surface area contributed by atoms with Crippen LogP contribution in [0.4, 0.5) is 5.69 Å². The summed E-state index contributed by atoms with van der Waals surface area (Å²) in [6.07, 6.45) is 1.57. The van der Waals surface area contributed by atoms with Crippen molar-refractivity contribution in [1.82, 2.24) is 0 Å². The van der Waals surface area contributed by atoms with Crippen molar-refractivity contribution in [3.05, 3.63) is 18.2 Å². The minimum absolute atomic E-state index is 0.0412. The monoisotopic (exact) mass is 341 g/mol. The van der Waals surface area contributed by atoms with E-state index < -0.39 is 9.84 Å². The van der Waals surface area contributed by atoms with Gasteiger partial charge in [0.1, 0.15) is 0 Å². The van der Waals surface area contributed by atoms with Crippen LogP contribution < -0.4 is 20.5 Å². The Morgan fingerprint density at radius 2 is 2.09 bits per heavy atom. The third kappa shape index (κ3) is 5.02. The lowest BCUT2D eigenvalue weighted by molar-refractivity contribution is 0.355. The normalized spacial score (nSPS) is 20.8. The molecular formula is C15H23N3O4S. The highest BCUT2D eigenvalue weighted by atomic mass is 32.2. The van der Waals surface area contributed by atoms with Crippen LogP contribution in [-0.4, -0.2) is 46.6 Å². The van der Waals surface area contributed by atoms with E-state index in [0.29, 0.717) is 24.5 Å². The van der Waals surface area contributed by atoms with Gasteiger partial charge >= 0.3 is 0 Å². The van der Waals surface area contributed by atoms with Gasteiger partial charge in [-0.3, -0.25) is 4.99 Å². The Kier molecular flexibility index (Phi) is 5.70. The molecule has 0 aromatic heterocycles.